The molecule has 0 saturated carbocycles. The Morgan fingerprint density at radius 2 is 1.92 bits per heavy atom. The third kappa shape index (κ3) is 2.84. The van der Waals surface area contributed by atoms with Crippen LogP contribution in [0.1, 0.15) is 40.4 Å². The maximum Gasteiger partial charge on any atom is 0.416 e. The van der Waals surface area contributed by atoms with Crippen molar-refractivity contribution in [1.29, 1.82) is 0 Å². The molecule has 2 aromatic rings. The molecule has 0 amide bonds. The molecule has 0 saturated heterocycles. The molecule has 2 aromatic carbocycles. The lowest BCUT2D eigenvalue weighted by molar-refractivity contribution is -0.137. The van der Waals surface area contributed by atoms with Gasteiger partial charge in [-0.25, -0.2) is 4.39 Å². The Labute approximate surface area is 135 Å². The summed E-state index contributed by atoms with van der Waals surface area (Å²) >= 11 is 0. The molecule has 0 radical (unpaired) electrons. The Hall–Kier alpha value is -2.50. The van der Waals surface area contributed by atoms with Gasteiger partial charge in [0.25, 0.3) is 0 Å². The number of ketones is 1. The lowest BCUT2D eigenvalue weighted by Crippen LogP contribution is -2.08. The highest BCUT2D eigenvalue weighted by molar-refractivity contribution is 5.99. The Kier molecular flexibility index (Phi) is 3.99. The molecule has 0 spiro atoms. The molecule has 1 aliphatic rings. The molecule has 124 valence electrons. The summed E-state index contributed by atoms with van der Waals surface area (Å²) in [5.74, 6) is -0.877. The van der Waals surface area contributed by atoms with Gasteiger partial charge in [0, 0.05) is 29.3 Å². The van der Waals surface area contributed by atoms with Crippen LogP contribution in [0.5, 0.6) is 0 Å². The van der Waals surface area contributed by atoms with Crippen molar-refractivity contribution in [3.8, 4) is 11.1 Å². The average Bonchev–Trinajstić information content (AvgIpc) is 3.01. The van der Waals surface area contributed by atoms with Crippen molar-refractivity contribution < 1.29 is 22.4 Å². The van der Waals surface area contributed by atoms with E-state index in [1.54, 1.807) is 6.92 Å². The summed E-state index contributed by atoms with van der Waals surface area (Å²) in [5.41, 5.74) is 0.354. The van der Waals surface area contributed by atoms with E-state index in [1.165, 1.54) is 18.3 Å². The number of aliphatic imine (C=N–C) groups is 1. The van der Waals surface area contributed by atoms with Crippen LogP contribution in [0.3, 0.4) is 0 Å². The van der Waals surface area contributed by atoms with Crippen LogP contribution < -0.4 is 0 Å². The van der Waals surface area contributed by atoms with Crippen molar-refractivity contribution in [1.82, 2.24) is 0 Å². The summed E-state index contributed by atoms with van der Waals surface area (Å²) in [4.78, 5) is 15.8. The van der Waals surface area contributed by atoms with E-state index in [9.17, 15) is 22.4 Å². The zero-order valence-electron chi connectivity index (χ0n) is 12.7. The van der Waals surface area contributed by atoms with Gasteiger partial charge in [-0.1, -0.05) is 6.92 Å². The second-order valence-corrected chi connectivity index (χ2v) is 5.54. The molecule has 0 atom stereocenters. The Bertz CT molecular complexity index is 853. The lowest BCUT2D eigenvalue weighted by Gasteiger charge is -2.14. The molecule has 0 bridgehead atoms. The minimum atomic E-state index is -4.54. The van der Waals surface area contributed by atoms with E-state index in [0.717, 1.165) is 18.2 Å². The number of benzene rings is 2. The van der Waals surface area contributed by atoms with Crippen molar-refractivity contribution >= 4 is 12.0 Å². The van der Waals surface area contributed by atoms with Crippen LogP contribution >= 0.6 is 0 Å². The third-order valence-electron chi connectivity index (χ3n) is 3.97. The smallest absolute Gasteiger partial charge is 0.294 e. The van der Waals surface area contributed by atoms with Crippen LogP contribution in [0.25, 0.3) is 11.1 Å². The van der Waals surface area contributed by atoms with E-state index < -0.39 is 17.6 Å². The number of Topliss-reactive ketones (excluding diaryl/α,β-unsaturated/α-hetero) is 1. The second kappa shape index (κ2) is 5.85. The van der Waals surface area contributed by atoms with Crippen molar-refractivity contribution in [2.24, 2.45) is 4.99 Å². The summed E-state index contributed by atoms with van der Waals surface area (Å²) in [6.45, 7) is 1.79. The quantitative estimate of drug-likeness (QED) is 0.571. The number of rotatable bonds is 3. The fourth-order valence-electron chi connectivity index (χ4n) is 2.73. The standard InChI is InChI=1S/C18H13F4NO/c1-2-17(24)10-3-4-16(19)14(6-10)13-7-12(18(20,21)22)5-11-8-23-9-15(11)13/h3-7,9H,2,8H2,1H3. The molecule has 6 heteroatoms. The third-order valence-corrected chi connectivity index (χ3v) is 3.97. The Morgan fingerprint density at radius 3 is 2.58 bits per heavy atom. The molecule has 0 N–H and O–H groups in total. The van der Waals surface area contributed by atoms with Gasteiger partial charge in [-0.05, 0) is 41.5 Å². The Balaban J connectivity index is 2.24. The fourth-order valence-corrected chi connectivity index (χ4v) is 2.73. The number of carbonyl (C=O) groups is 1. The highest BCUT2D eigenvalue weighted by Gasteiger charge is 2.33. The number of nitrogens with zero attached hydrogens (tertiary/aromatic N) is 1. The molecule has 0 aromatic heterocycles. The minimum absolute atomic E-state index is 0.0231. The fraction of sp³-hybridized carbons (Fsp3) is 0.222. The highest BCUT2D eigenvalue weighted by atomic mass is 19.4. The van der Waals surface area contributed by atoms with Crippen LogP contribution in [-0.4, -0.2) is 12.0 Å². The van der Waals surface area contributed by atoms with Gasteiger partial charge in [-0.2, -0.15) is 13.2 Å². The highest BCUT2D eigenvalue weighted by Crippen LogP contribution is 2.38. The van der Waals surface area contributed by atoms with Crippen LogP contribution in [0.2, 0.25) is 0 Å². The number of alkyl halides is 3. The second-order valence-electron chi connectivity index (χ2n) is 5.54. The normalized spacial score (nSPS) is 13.2. The number of fused-ring (bicyclic) bond motifs is 1. The zero-order chi connectivity index (χ0) is 17.5. The molecule has 24 heavy (non-hydrogen) atoms. The molecule has 1 aliphatic heterocycles. The van der Waals surface area contributed by atoms with Crippen molar-refractivity contribution in [3.05, 3.63) is 58.4 Å². The molecule has 0 aliphatic carbocycles. The summed E-state index contributed by atoms with van der Waals surface area (Å²) in [5, 5.41) is 0. The molecule has 1 heterocycles. The average molecular weight is 335 g/mol. The summed E-state index contributed by atoms with van der Waals surface area (Å²) in [6, 6.07) is 5.70. The number of hydrogen-bond donors (Lipinski definition) is 0. The SMILES string of the molecule is CCC(=O)c1ccc(F)c(-c2cc(C(F)(F)F)cc3c2C=NC3)c1. The monoisotopic (exact) mass is 335 g/mol. The van der Waals surface area contributed by atoms with Crippen molar-refractivity contribution in [3.63, 3.8) is 0 Å². The van der Waals surface area contributed by atoms with Gasteiger partial charge in [0.15, 0.2) is 5.78 Å². The minimum Gasteiger partial charge on any atom is -0.294 e. The van der Waals surface area contributed by atoms with Crippen molar-refractivity contribution in [2.75, 3.05) is 0 Å². The summed E-state index contributed by atoms with van der Waals surface area (Å²) < 4.78 is 53.7. The van der Waals surface area contributed by atoms with Gasteiger partial charge in [0.2, 0.25) is 0 Å². The summed E-state index contributed by atoms with van der Waals surface area (Å²) in [6.07, 6.45) is -2.87. The predicted molar refractivity (Wildman–Crippen MR) is 82.8 cm³/mol. The molecule has 2 nitrogen and oxygen atoms in total. The van der Waals surface area contributed by atoms with Crippen LogP contribution in [0, 0.1) is 5.82 Å². The van der Waals surface area contributed by atoms with Gasteiger partial charge in [0.05, 0.1) is 12.1 Å². The summed E-state index contributed by atoms with van der Waals surface area (Å²) in [7, 11) is 0. The maximum absolute atomic E-state index is 14.3. The first-order chi connectivity index (χ1) is 11.3. The largest absolute Gasteiger partial charge is 0.416 e. The van der Waals surface area contributed by atoms with Crippen LogP contribution in [0.4, 0.5) is 17.6 Å². The maximum atomic E-state index is 14.3. The lowest BCUT2D eigenvalue weighted by atomic mass is 9.92. The Morgan fingerprint density at radius 1 is 1.17 bits per heavy atom. The van der Waals surface area contributed by atoms with Gasteiger partial charge < -0.3 is 0 Å². The molecule has 3 rings (SSSR count). The van der Waals surface area contributed by atoms with Gasteiger partial charge >= 0.3 is 6.18 Å². The molecular formula is C18H13F4NO. The van der Waals surface area contributed by atoms with E-state index in [4.69, 9.17) is 0 Å². The first-order valence-corrected chi connectivity index (χ1v) is 7.38. The zero-order valence-corrected chi connectivity index (χ0v) is 12.7. The number of hydrogen-bond acceptors (Lipinski definition) is 2. The molecular weight excluding hydrogens is 322 g/mol. The van der Waals surface area contributed by atoms with Crippen molar-refractivity contribution in [2.45, 2.75) is 26.1 Å². The number of carbonyl (C=O) groups excluding carboxylic acids is 1. The van der Waals surface area contributed by atoms with E-state index in [0.29, 0.717) is 11.1 Å². The van der Waals surface area contributed by atoms with Crippen LogP contribution in [0.15, 0.2) is 35.3 Å². The van der Waals surface area contributed by atoms with Gasteiger partial charge in [-0.3, -0.25) is 9.79 Å². The first kappa shape index (κ1) is 16.4. The van der Waals surface area contributed by atoms with E-state index in [1.807, 2.05) is 0 Å². The molecule has 0 unspecified atom stereocenters. The van der Waals surface area contributed by atoms with E-state index in [2.05, 4.69) is 4.99 Å². The van der Waals surface area contributed by atoms with Gasteiger partial charge in [0.1, 0.15) is 5.82 Å². The first-order valence-electron chi connectivity index (χ1n) is 7.38. The van der Waals surface area contributed by atoms with E-state index >= 15 is 0 Å². The topological polar surface area (TPSA) is 29.4 Å². The predicted octanol–water partition coefficient (Wildman–Crippen LogP) is 5.04. The van der Waals surface area contributed by atoms with Gasteiger partial charge in [-0.15, -0.1) is 0 Å². The van der Waals surface area contributed by atoms with Crippen LogP contribution in [-0.2, 0) is 12.7 Å². The molecule has 0 fully saturated rings. The number of halogens is 4. The van der Waals surface area contributed by atoms with E-state index in [-0.39, 0.29) is 35.4 Å².